The van der Waals surface area contributed by atoms with E-state index in [1.807, 2.05) is 0 Å². The highest BCUT2D eigenvalue weighted by Gasteiger charge is 2.36. The molecule has 4 aromatic rings. The van der Waals surface area contributed by atoms with Crippen LogP contribution in [-0.2, 0) is 36.2 Å². The number of nitrogens with two attached hydrogens (primary N) is 1. The van der Waals surface area contributed by atoms with Gasteiger partial charge in [0.1, 0.15) is 33.6 Å². The van der Waals surface area contributed by atoms with Gasteiger partial charge in [0.05, 0.1) is 27.8 Å². The lowest BCUT2D eigenvalue weighted by Gasteiger charge is -2.17. The molecule has 0 atom stereocenters. The van der Waals surface area contributed by atoms with Crippen LogP contribution in [0.3, 0.4) is 0 Å². The van der Waals surface area contributed by atoms with Crippen LogP contribution in [0.25, 0.3) is 22.3 Å². The number of aromatic nitrogens is 4. The van der Waals surface area contributed by atoms with E-state index in [1.54, 1.807) is 9.36 Å². The second-order valence-corrected chi connectivity index (χ2v) is 14.0. The number of benzene rings is 2. The second-order valence-electron chi connectivity index (χ2n) is 11.4. The molecule has 0 bridgehead atoms. The van der Waals surface area contributed by atoms with Crippen molar-refractivity contribution in [3.8, 4) is 22.3 Å². The number of nitrogen functional groups attached to an aromatic ring is 1. The molecule has 10 nitrogen and oxygen atoms in total. The first-order chi connectivity index (χ1) is 21.8. The zero-order chi connectivity index (χ0) is 33.1. The first kappa shape index (κ1) is 32.3. The van der Waals surface area contributed by atoms with Gasteiger partial charge in [-0.05, 0) is 50.7 Å². The molecule has 0 amide bonds. The summed E-state index contributed by atoms with van der Waals surface area (Å²) in [5.41, 5.74) is 3.66. The Kier molecular flexibility index (Phi) is 8.52. The fraction of sp³-hybridized carbons (Fsp3) is 0.379. The van der Waals surface area contributed by atoms with Gasteiger partial charge >= 0.3 is 0 Å². The maximum absolute atomic E-state index is 14.4. The summed E-state index contributed by atoms with van der Waals surface area (Å²) in [6, 6.07) is 3.35. The lowest BCUT2D eigenvalue weighted by atomic mass is 10.1. The predicted octanol–water partition coefficient (Wildman–Crippen LogP) is 5.57. The number of anilines is 2. The van der Waals surface area contributed by atoms with Crippen LogP contribution >= 0.6 is 23.2 Å². The van der Waals surface area contributed by atoms with E-state index < -0.39 is 49.8 Å². The van der Waals surface area contributed by atoms with Gasteiger partial charge in [-0.2, -0.15) is 0 Å². The van der Waals surface area contributed by atoms with Crippen molar-refractivity contribution in [2.75, 3.05) is 10.5 Å². The van der Waals surface area contributed by atoms with Gasteiger partial charge in [0.25, 0.3) is 11.1 Å². The minimum atomic E-state index is -3.73. The summed E-state index contributed by atoms with van der Waals surface area (Å²) in [4.78, 5) is 25.0. The summed E-state index contributed by atoms with van der Waals surface area (Å²) in [7, 11) is -3.73. The number of nitrogens with one attached hydrogen (secondary N) is 1. The van der Waals surface area contributed by atoms with Gasteiger partial charge in [-0.15, -0.1) is 0 Å². The fourth-order valence-electron chi connectivity index (χ4n) is 5.70. The quantitative estimate of drug-likeness (QED) is 0.208. The van der Waals surface area contributed by atoms with Crippen molar-refractivity contribution in [3.05, 3.63) is 78.5 Å². The number of halogens is 6. The van der Waals surface area contributed by atoms with Crippen molar-refractivity contribution in [1.29, 1.82) is 0 Å². The monoisotopic (exact) mass is 702 g/mol. The molecule has 246 valence electrons. The highest BCUT2D eigenvalue weighted by Crippen LogP contribution is 2.35. The van der Waals surface area contributed by atoms with Crippen molar-refractivity contribution in [2.45, 2.75) is 70.0 Å². The molecule has 1 saturated carbocycles. The maximum Gasteiger partial charge on any atom is 0.276 e. The lowest BCUT2D eigenvalue weighted by Crippen LogP contribution is -2.27. The van der Waals surface area contributed by atoms with Gasteiger partial charge in [0.15, 0.2) is 0 Å². The molecule has 3 aliphatic rings. The average molecular weight is 704 g/mol. The normalized spacial score (nSPS) is 16.0. The van der Waals surface area contributed by atoms with E-state index in [1.165, 1.54) is 9.36 Å². The van der Waals surface area contributed by atoms with Crippen LogP contribution in [0.2, 0.25) is 10.3 Å². The summed E-state index contributed by atoms with van der Waals surface area (Å²) in [6.07, 6.45) is 4.42. The molecule has 3 N–H and O–H groups in total. The second kappa shape index (κ2) is 12.2. The Bertz CT molecular complexity index is 2100. The standard InChI is InChI=1S/C16H16ClF2N3O3S.C13H12ClF2N3O/c17-15-14(16(23)22-6-2-1-5-21(15)22)10-7-13(12(19)8-11(10)18)20-26(24,25)9-3-4-9;14-12-11(7-5-10(17)9(16)6-8(7)15)13(20)19-4-2-1-3-18(12)19/h7-9,20H,1-6H2;5-6H,1-4,17H2. The molecule has 2 aromatic heterocycles. The average Bonchev–Trinajstić information content (AvgIpc) is 3.82. The van der Waals surface area contributed by atoms with E-state index in [0.29, 0.717) is 51.2 Å². The highest BCUT2D eigenvalue weighted by atomic mass is 35.5. The van der Waals surface area contributed by atoms with Gasteiger partial charge in [-0.25, -0.2) is 35.3 Å². The van der Waals surface area contributed by atoms with E-state index >= 15 is 0 Å². The molecule has 0 radical (unpaired) electrons. The van der Waals surface area contributed by atoms with E-state index in [4.69, 9.17) is 28.9 Å². The summed E-state index contributed by atoms with van der Waals surface area (Å²) in [6.45, 7) is 2.13. The maximum atomic E-state index is 14.4. The molecule has 4 heterocycles. The Hall–Kier alpha value is -3.69. The largest absolute Gasteiger partial charge is 0.396 e. The van der Waals surface area contributed by atoms with Crippen molar-refractivity contribution < 1.29 is 26.0 Å². The summed E-state index contributed by atoms with van der Waals surface area (Å²) >= 11 is 12.5. The van der Waals surface area contributed by atoms with Crippen molar-refractivity contribution in [1.82, 2.24) is 18.7 Å². The topological polar surface area (TPSA) is 126 Å². The Labute approximate surface area is 269 Å². The molecular formula is C29H28Cl2F4N6O4S. The van der Waals surface area contributed by atoms with Crippen LogP contribution in [0.5, 0.6) is 0 Å². The molecule has 2 aromatic carbocycles. The molecule has 7 rings (SSSR count). The number of rotatable bonds is 5. The van der Waals surface area contributed by atoms with Crippen LogP contribution in [-0.4, -0.2) is 32.4 Å². The van der Waals surface area contributed by atoms with Gasteiger partial charge in [0.2, 0.25) is 10.0 Å². The minimum Gasteiger partial charge on any atom is -0.396 e. The first-order valence-electron chi connectivity index (χ1n) is 14.5. The molecule has 46 heavy (non-hydrogen) atoms. The molecule has 0 unspecified atom stereocenters. The number of hydrogen-bond acceptors (Lipinski definition) is 5. The molecule has 1 fully saturated rings. The van der Waals surface area contributed by atoms with E-state index in [9.17, 15) is 35.6 Å². The summed E-state index contributed by atoms with van der Waals surface area (Å²) in [5, 5.41) is -0.331. The first-order valence-corrected chi connectivity index (χ1v) is 16.8. The molecule has 0 spiro atoms. The molecule has 2 aliphatic heterocycles. The van der Waals surface area contributed by atoms with Crippen molar-refractivity contribution in [2.24, 2.45) is 0 Å². The fourth-order valence-corrected chi connectivity index (χ4v) is 7.80. The third-order valence-electron chi connectivity index (χ3n) is 8.22. The van der Waals surface area contributed by atoms with E-state index in [0.717, 1.165) is 37.8 Å². The van der Waals surface area contributed by atoms with Crippen LogP contribution < -0.4 is 21.6 Å². The molecule has 0 saturated heterocycles. The summed E-state index contributed by atoms with van der Waals surface area (Å²) in [5.74, 6) is -3.72. The number of nitrogens with zero attached hydrogens (tertiary/aromatic N) is 4. The Morgan fingerprint density at radius 2 is 1.11 bits per heavy atom. The Balaban J connectivity index is 0.000000167. The van der Waals surface area contributed by atoms with E-state index in [2.05, 4.69) is 4.72 Å². The van der Waals surface area contributed by atoms with Crippen LogP contribution in [0.1, 0.15) is 38.5 Å². The highest BCUT2D eigenvalue weighted by molar-refractivity contribution is 7.93. The van der Waals surface area contributed by atoms with Crippen LogP contribution in [0.4, 0.5) is 28.9 Å². The third-order valence-corrected chi connectivity index (χ3v) is 10.8. The number of sulfonamides is 1. The SMILES string of the molecule is Nc1cc(-c2c(Cl)n3n(c2=O)CCCC3)c(F)cc1F.O=c1c(-c2cc(NS(=O)(=O)C3CC3)c(F)cc2F)c(Cl)n2n1CCCC2. The number of hydrogen-bond donors (Lipinski definition) is 2. The van der Waals surface area contributed by atoms with Gasteiger partial charge in [0, 0.05) is 49.4 Å². The molecular weight excluding hydrogens is 675 g/mol. The van der Waals surface area contributed by atoms with Gasteiger partial charge in [-0.3, -0.25) is 23.7 Å². The van der Waals surface area contributed by atoms with Crippen molar-refractivity contribution >= 4 is 44.6 Å². The zero-order valence-corrected chi connectivity index (χ0v) is 26.5. The summed E-state index contributed by atoms with van der Waals surface area (Å²) < 4.78 is 88.1. The van der Waals surface area contributed by atoms with Crippen LogP contribution in [0.15, 0.2) is 33.9 Å². The van der Waals surface area contributed by atoms with Crippen LogP contribution in [0, 0.1) is 23.3 Å². The zero-order valence-electron chi connectivity index (χ0n) is 24.1. The number of fused-ring (bicyclic) bond motifs is 2. The smallest absolute Gasteiger partial charge is 0.276 e. The van der Waals surface area contributed by atoms with Crippen molar-refractivity contribution in [3.63, 3.8) is 0 Å². The third kappa shape index (κ3) is 5.72. The molecule has 17 heteroatoms. The predicted molar refractivity (Wildman–Crippen MR) is 167 cm³/mol. The van der Waals surface area contributed by atoms with Gasteiger partial charge in [-0.1, -0.05) is 23.2 Å². The minimum absolute atomic E-state index is 0.0396. The molecule has 1 aliphatic carbocycles. The van der Waals surface area contributed by atoms with E-state index in [-0.39, 0.29) is 43.8 Å². The lowest BCUT2D eigenvalue weighted by molar-refractivity contribution is 0.356. The van der Waals surface area contributed by atoms with Gasteiger partial charge < -0.3 is 5.73 Å². The Morgan fingerprint density at radius 3 is 1.57 bits per heavy atom. The Morgan fingerprint density at radius 1 is 0.674 bits per heavy atom.